The predicted molar refractivity (Wildman–Crippen MR) is 71.7 cm³/mol. The topological polar surface area (TPSA) is 35.0 Å². The van der Waals surface area contributed by atoms with Crippen molar-refractivity contribution in [1.82, 2.24) is 9.97 Å². The summed E-state index contributed by atoms with van der Waals surface area (Å²) in [6.45, 7) is 0. The van der Waals surface area contributed by atoms with Crippen LogP contribution < -0.4 is 4.74 Å². The molecular formula is C12H11ClN2OS. The Labute approximate surface area is 110 Å². The van der Waals surface area contributed by atoms with Gasteiger partial charge in [-0.1, -0.05) is 11.6 Å². The Balaban J connectivity index is 2.42. The third-order valence-electron chi connectivity index (χ3n) is 2.29. The molecule has 5 heteroatoms. The second-order valence-corrected chi connectivity index (χ2v) is 4.09. The van der Waals surface area contributed by atoms with Crippen LogP contribution in [0.15, 0.2) is 30.5 Å². The lowest BCUT2D eigenvalue weighted by atomic mass is 10.1. The van der Waals surface area contributed by atoms with Crippen molar-refractivity contribution in [3.8, 4) is 17.0 Å². The molecule has 3 nitrogen and oxygen atoms in total. The molecule has 1 aromatic heterocycles. The van der Waals surface area contributed by atoms with Crippen molar-refractivity contribution in [3.63, 3.8) is 0 Å². The second kappa shape index (κ2) is 5.38. The molecule has 0 fully saturated rings. The maximum absolute atomic E-state index is 6.07. The number of thiol groups is 1. The highest BCUT2D eigenvalue weighted by molar-refractivity contribution is 7.79. The monoisotopic (exact) mass is 266 g/mol. The molecule has 17 heavy (non-hydrogen) atoms. The van der Waals surface area contributed by atoms with Crippen LogP contribution in [0, 0.1) is 0 Å². The van der Waals surface area contributed by atoms with Crippen LogP contribution in [-0.2, 0) is 5.75 Å². The van der Waals surface area contributed by atoms with Crippen molar-refractivity contribution in [2.24, 2.45) is 0 Å². The molecule has 0 amide bonds. The number of hydrogen-bond acceptors (Lipinski definition) is 4. The molecule has 0 saturated carbocycles. The Kier molecular flexibility index (Phi) is 3.86. The average molecular weight is 267 g/mol. The summed E-state index contributed by atoms with van der Waals surface area (Å²) in [4.78, 5) is 8.47. The van der Waals surface area contributed by atoms with E-state index < -0.39 is 0 Å². The zero-order valence-electron chi connectivity index (χ0n) is 9.22. The van der Waals surface area contributed by atoms with Gasteiger partial charge in [0.2, 0.25) is 0 Å². The molecular weight excluding hydrogens is 256 g/mol. The van der Waals surface area contributed by atoms with Crippen LogP contribution in [0.4, 0.5) is 0 Å². The van der Waals surface area contributed by atoms with E-state index >= 15 is 0 Å². The fourth-order valence-corrected chi connectivity index (χ4v) is 1.87. The molecule has 0 saturated heterocycles. The summed E-state index contributed by atoms with van der Waals surface area (Å²) >= 11 is 10.2. The van der Waals surface area contributed by atoms with E-state index in [0.29, 0.717) is 22.3 Å². The van der Waals surface area contributed by atoms with Gasteiger partial charge in [-0.05, 0) is 24.3 Å². The zero-order valence-corrected chi connectivity index (χ0v) is 10.9. The largest absolute Gasteiger partial charge is 0.495 e. The van der Waals surface area contributed by atoms with Gasteiger partial charge in [-0.2, -0.15) is 12.6 Å². The summed E-state index contributed by atoms with van der Waals surface area (Å²) in [5.41, 5.74) is 1.76. The van der Waals surface area contributed by atoms with Crippen molar-refractivity contribution in [1.29, 1.82) is 0 Å². The summed E-state index contributed by atoms with van der Waals surface area (Å²) in [7, 11) is 1.59. The molecule has 0 aliphatic carbocycles. The number of nitrogens with zero attached hydrogens (tertiary/aromatic N) is 2. The van der Waals surface area contributed by atoms with Gasteiger partial charge in [0, 0.05) is 11.8 Å². The third-order valence-corrected chi connectivity index (χ3v) is 2.87. The SMILES string of the molecule is COc1ccc(-c2ccnc(CS)n2)cc1Cl. The Morgan fingerprint density at radius 1 is 1.35 bits per heavy atom. The number of ether oxygens (including phenoxy) is 1. The van der Waals surface area contributed by atoms with E-state index in [-0.39, 0.29) is 0 Å². The highest BCUT2D eigenvalue weighted by Gasteiger charge is 2.05. The minimum absolute atomic E-state index is 0.512. The highest BCUT2D eigenvalue weighted by atomic mass is 35.5. The first-order valence-corrected chi connectivity index (χ1v) is 6.02. The second-order valence-electron chi connectivity index (χ2n) is 3.37. The summed E-state index contributed by atoms with van der Waals surface area (Å²) in [5.74, 6) is 1.86. The number of hydrogen-bond donors (Lipinski definition) is 1. The molecule has 1 heterocycles. The van der Waals surface area contributed by atoms with Crippen molar-refractivity contribution in [2.75, 3.05) is 7.11 Å². The fourth-order valence-electron chi connectivity index (χ4n) is 1.46. The molecule has 0 unspecified atom stereocenters. The quantitative estimate of drug-likeness (QED) is 0.867. The third kappa shape index (κ3) is 2.70. The summed E-state index contributed by atoms with van der Waals surface area (Å²) in [5, 5.41) is 0.566. The van der Waals surface area contributed by atoms with Crippen LogP contribution in [-0.4, -0.2) is 17.1 Å². The van der Waals surface area contributed by atoms with Crippen molar-refractivity contribution >= 4 is 24.2 Å². The van der Waals surface area contributed by atoms with E-state index in [9.17, 15) is 0 Å². The van der Waals surface area contributed by atoms with Gasteiger partial charge >= 0.3 is 0 Å². The van der Waals surface area contributed by atoms with E-state index in [4.69, 9.17) is 16.3 Å². The molecule has 0 atom stereocenters. The Morgan fingerprint density at radius 3 is 2.82 bits per heavy atom. The van der Waals surface area contributed by atoms with E-state index in [0.717, 1.165) is 11.3 Å². The number of methoxy groups -OCH3 is 1. The molecule has 88 valence electrons. The highest BCUT2D eigenvalue weighted by Crippen LogP contribution is 2.29. The van der Waals surface area contributed by atoms with Crippen LogP contribution in [0.3, 0.4) is 0 Å². The van der Waals surface area contributed by atoms with Gasteiger partial charge in [0.05, 0.1) is 23.6 Å². The Morgan fingerprint density at radius 2 is 2.18 bits per heavy atom. The minimum atomic E-state index is 0.512. The van der Waals surface area contributed by atoms with Crippen LogP contribution in [0.25, 0.3) is 11.3 Å². The van der Waals surface area contributed by atoms with Crippen molar-refractivity contribution < 1.29 is 4.74 Å². The van der Waals surface area contributed by atoms with Crippen LogP contribution in [0.5, 0.6) is 5.75 Å². The Hall–Kier alpha value is -1.26. The molecule has 2 rings (SSSR count). The number of aromatic nitrogens is 2. The molecule has 0 N–H and O–H groups in total. The number of halogens is 1. The molecule has 0 bridgehead atoms. The zero-order chi connectivity index (χ0) is 12.3. The van der Waals surface area contributed by atoms with E-state index in [1.807, 2.05) is 24.3 Å². The molecule has 0 aliphatic rings. The summed E-state index contributed by atoms with van der Waals surface area (Å²) in [6.07, 6.45) is 1.71. The van der Waals surface area contributed by atoms with Gasteiger partial charge in [-0.3, -0.25) is 0 Å². The number of benzene rings is 1. The summed E-state index contributed by atoms with van der Waals surface area (Å²) < 4.78 is 5.10. The van der Waals surface area contributed by atoms with Crippen LogP contribution in [0.2, 0.25) is 5.02 Å². The molecule has 2 aromatic rings. The first-order chi connectivity index (χ1) is 8.24. The van der Waals surface area contributed by atoms with Crippen molar-refractivity contribution in [2.45, 2.75) is 5.75 Å². The van der Waals surface area contributed by atoms with Crippen LogP contribution in [0.1, 0.15) is 5.82 Å². The first-order valence-electron chi connectivity index (χ1n) is 5.01. The maximum atomic E-state index is 6.07. The normalized spacial score (nSPS) is 10.3. The van der Waals surface area contributed by atoms with Gasteiger partial charge < -0.3 is 4.74 Å². The van der Waals surface area contributed by atoms with Crippen LogP contribution >= 0.6 is 24.2 Å². The lowest BCUT2D eigenvalue weighted by Gasteiger charge is -2.06. The standard InChI is InChI=1S/C12H11ClN2OS/c1-16-11-3-2-8(6-9(11)13)10-4-5-14-12(7-17)15-10/h2-6,17H,7H2,1H3. The molecule has 0 radical (unpaired) electrons. The minimum Gasteiger partial charge on any atom is -0.495 e. The van der Waals surface area contributed by atoms with Gasteiger partial charge in [0.25, 0.3) is 0 Å². The lowest BCUT2D eigenvalue weighted by molar-refractivity contribution is 0.415. The molecule has 0 aliphatic heterocycles. The predicted octanol–water partition coefficient (Wildman–Crippen LogP) is 3.24. The maximum Gasteiger partial charge on any atom is 0.138 e. The molecule has 0 spiro atoms. The summed E-state index contributed by atoms with van der Waals surface area (Å²) in [6, 6.07) is 7.39. The first kappa shape index (κ1) is 12.2. The smallest absolute Gasteiger partial charge is 0.138 e. The Bertz CT molecular complexity index is 534. The fraction of sp³-hybridized carbons (Fsp3) is 0.167. The van der Waals surface area contributed by atoms with Gasteiger partial charge in [0.15, 0.2) is 0 Å². The van der Waals surface area contributed by atoms with Gasteiger partial charge in [-0.25, -0.2) is 9.97 Å². The number of rotatable bonds is 3. The van der Waals surface area contributed by atoms with Crippen molar-refractivity contribution in [3.05, 3.63) is 41.3 Å². The van der Waals surface area contributed by atoms with E-state index in [1.165, 1.54) is 0 Å². The lowest BCUT2D eigenvalue weighted by Crippen LogP contribution is -1.93. The van der Waals surface area contributed by atoms with Gasteiger partial charge in [0.1, 0.15) is 11.6 Å². The van der Waals surface area contributed by atoms with E-state index in [1.54, 1.807) is 13.3 Å². The van der Waals surface area contributed by atoms with E-state index in [2.05, 4.69) is 22.6 Å². The molecule has 1 aromatic carbocycles. The average Bonchev–Trinajstić information content (AvgIpc) is 2.38. The van der Waals surface area contributed by atoms with Gasteiger partial charge in [-0.15, -0.1) is 0 Å².